The molecular weight excluding hydrogens is 238 g/mol. The first kappa shape index (κ1) is 12.0. The summed E-state index contributed by atoms with van der Waals surface area (Å²) in [6.07, 6.45) is 8.77. The van der Waals surface area contributed by atoms with Crippen molar-refractivity contribution >= 4 is 6.03 Å². The van der Waals surface area contributed by atoms with Crippen LogP contribution in [0.5, 0.6) is 0 Å². The maximum atomic E-state index is 12.3. The number of carbonyl (C=O) groups is 1. The quantitative estimate of drug-likeness (QED) is 0.709. The van der Waals surface area contributed by atoms with Crippen molar-refractivity contribution in [3.8, 4) is 0 Å². The summed E-state index contributed by atoms with van der Waals surface area (Å²) >= 11 is 0. The number of piperidine rings is 1. The van der Waals surface area contributed by atoms with E-state index in [-0.39, 0.29) is 11.6 Å². The number of amides is 2. The first-order valence-electron chi connectivity index (χ1n) is 8.03. The van der Waals surface area contributed by atoms with E-state index < -0.39 is 0 Å². The number of carbonyl (C=O) groups excluding carboxylic acids is 1. The van der Waals surface area contributed by atoms with Crippen molar-refractivity contribution in [3.63, 3.8) is 0 Å². The zero-order valence-electron chi connectivity index (χ0n) is 11.6. The molecule has 2 amide bonds. The van der Waals surface area contributed by atoms with Gasteiger partial charge in [-0.3, -0.25) is 0 Å². The van der Waals surface area contributed by atoms with Gasteiger partial charge in [0.2, 0.25) is 0 Å². The molecule has 1 aliphatic heterocycles. The second-order valence-electron chi connectivity index (χ2n) is 7.32. The van der Waals surface area contributed by atoms with Crippen LogP contribution in [0, 0.1) is 17.8 Å². The Balaban J connectivity index is 1.37. The Morgan fingerprint density at radius 2 is 1.74 bits per heavy atom. The molecule has 4 nitrogen and oxygen atoms in total. The maximum Gasteiger partial charge on any atom is 0.315 e. The molecule has 0 aromatic heterocycles. The van der Waals surface area contributed by atoms with E-state index in [1.54, 1.807) is 0 Å². The molecule has 5 fully saturated rings. The van der Waals surface area contributed by atoms with Crippen molar-refractivity contribution in [2.75, 3.05) is 13.1 Å². The Morgan fingerprint density at radius 3 is 2.42 bits per heavy atom. The lowest BCUT2D eigenvalue weighted by Gasteiger charge is -2.35. The fourth-order valence-electron chi connectivity index (χ4n) is 5.41. The molecule has 4 saturated carbocycles. The zero-order valence-corrected chi connectivity index (χ0v) is 11.6. The summed E-state index contributed by atoms with van der Waals surface area (Å²) < 4.78 is 0. The van der Waals surface area contributed by atoms with E-state index in [2.05, 4.69) is 16.0 Å². The van der Waals surface area contributed by atoms with E-state index in [1.165, 1.54) is 32.1 Å². The van der Waals surface area contributed by atoms with E-state index in [4.69, 9.17) is 0 Å². The predicted molar refractivity (Wildman–Crippen MR) is 73.8 cm³/mol. The van der Waals surface area contributed by atoms with Crippen LogP contribution in [0.4, 0.5) is 4.79 Å². The minimum Gasteiger partial charge on any atom is -0.335 e. The van der Waals surface area contributed by atoms with Gasteiger partial charge in [0.15, 0.2) is 0 Å². The van der Waals surface area contributed by atoms with Crippen molar-refractivity contribution in [2.45, 2.75) is 56.5 Å². The van der Waals surface area contributed by atoms with Crippen LogP contribution in [0.15, 0.2) is 0 Å². The van der Waals surface area contributed by atoms with Crippen LogP contribution < -0.4 is 16.0 Å². The van der Waals surface area contributed by atoms with E-state index >= 15 is 0 Å². The first-order valence-corrected chi connectivity index (χ1v) is 8.03. The minimum atomic E-state index is 0.0973. The van der Waals surface area contributed by atoms with Crippen molar-refractivity contribution in [3.05, 3.63) is 0 Å². The highest BCUT2D eigenvalue weighted by Crippen LogP contribution is 2.60. The second kappa shape index (κ2) is 4.37. The van der Waals surface area contributed by atoms with Gasteiger partial charge in [0, 0.05) is 11.6 Å². The lowest BCUT2D eigenvalue weighted by molar-refractivity contribution is 0.201. The summed E-state index contributed by atoms with van der Waals surface area (Å²) in [4.78, 5) is 12.3. The topological polar surface area (TPSA) is 53.2 Å². The summed E-state index contributed by atoms with van der Waals surface area (Å²) in [5.41, 5.74) is 0.171. The monoisotopic (exact) mass is 263 g/mol. The van der Waals surface area contributed by atoms with Gasteiger partial charge in [0.25, 0.3) is 0 Å². The Labute approximate surface area is 115 Å². The minimum absolute atomic E-state index is 0.0973. The second-order valence-corrected chi connectivity index (χ2v) is 7.32. The molecular formula is C15H25N3O. The highest BCUT2D eigenvalue weighted by molar-refractivity contribution is 5.75. The van der Waals surface area contributed by atoms with Crippen LogP contribution in [0.25, 0.3) is 0 Å². The number of hydrogen-bond acceptors (Lipinski definition) is 2. The third-order valence-corrected chi connectivity index (χ3v) is 6.03. The fraction of sp³-hybridized carbons (Fsp3) is 0.933. The molecule has 5 aliphatic rings. The highest BCUT2D eigenvalue weighted by atomic mass is 16.2. The predicted octanol–water partition coefficient (Wildman–Crippen LogP) is 1.62. The average molecular weight is 263 g/mol. The van der Waals surface area contributed by atoms with Crippen LogP contribution in [0.2, 0.25) is 0 Å². The normalized spacial score (nSPS) is 44.5. The van der Waals surface area contributed by atoms with Crippen molar-refractivity contribution < 1.29 is 4.79 Å². The molecule has 3 N–H and O–H groups in total. The van der Waals surface area contributed by atoms with Crippen molar-refractivity contribution in [1.29, 1.82) is 0 Å². The fourth-order valence-corrected chi connectivity index (χ4v) is 5.41. The molecule has 106 valence electrons. The Kier molecular flexibility index (Phi) is 2.76. The average Bonchev–Trinajstić information content (AvgIpc) is 2.74. The van der Waals surface area contributed by atoms with Crippen LogP contribution in [-0.4, -0.2) is 30.7 Å². The van der Waals surface area contributed by atoms with Gasteiger partial charge in [-0.15, -0.1) is 0 Å². The van der Waals surface area contributed by atoms with Crippen LogP contribution in [0.1, 0.15) is 44.9 Å². The molecule has 4 bridgehead atoms. The van der Waals surface area contributed by atoms with Crippen LogP contribution in [-0.2, 0) is 0 Å². The number of rotatable bonds is 2. The molecule has 0 aromatic carbocycles. The largest absolute Gasteiger partial charge is 0.335 e. The Morgan fingerprint density at radius 1 is 1.05 bits per heavy atom. The van der Waals surface area contributed by atoms with Gasteiger partial charge < -0.3 is 16.0 Å². The summed E-state index contributed by atoms with van der Waals surface area (Å²) in [6.45, 7) is 2.06. The molecule has 2 unspecified atom stereocenters. The van der Waals surface area contributed by atoms with Gasteiger partial charge in [-0.1, -0.05) is 0 Å². The molecule has 0 radical (unpaired) electrons. The molecule has 0 aromatic rings. The first-order chi connectivity index (χ1) is 9.23. The molecule has 1 heterocycles. The SMILES string of the molecule is O=C(NC1CCNCC1)NC12CC3CC(CC1C3)C2. The Bertz CT molecular complexity index is 364. The molecule has 4 aliphatic carbocycles. The lowest BCUT2D eigenvalue weighted by Crippen LogP contribution is -2.55. The van der Waals surface area contributed by atoms with E-state index in [9.17, 15) is 4.79 Å². The number of nitrogens with one attached hydrogen (secondary N) is 3. The van der Waals surface area contributed by atoms with Gasteiger partial charge in [-0.05, 0) is 75.8 Å². The number of urea groups is 1. The third kappa shape index (κ3) is 2.04. The number of hydrogen-bond donors (Lipinski definition) is 3. The van der Waals surface area contributed by atoms with E-state index in [0.29, 0.717) is 6.04 Å². The maximum absolute atomic E-state index is 12.3. The molecule has 2 atom stereocenters. The molecule has 19 heavy (non-hydrogen) atoms. The van der Waals surface area contributed by atoms with Gasteiger partial charge in [0.1, 0.15) is 0 Å². The summed E-state index contributed by atoms with van der Waals surface area (Å²) in [5, 5.41) is 9.92. The van der Waals surface area contributed by atoms with Crippen molar-refractivity contribution in [1.82, 2.24) is 16.0 Å². The zero-order chi connectivity index (χ0) is 12.9. The molecule has 1 saturated heterocycles. The van der Waals surface area contributed by atoms with E-state index in [1.807, 2.05) is 0 Å². The highest BCUT2D eigenvalue weighted by Gasteiger charge is 2.58. The van der Waals surface area contributed by atoms with Gasteiger partial charge in [-0.2, -0.15) is 0 Å². The standard InChI is InChI=1S/C15H25N3O/c19-14(17-13-1-3-16-4-2-13)18-15-8-10-5-11(9-15)7-12(15)6-10/h10-13,16H,1-9H2,(H2,17,18,19). The molecule has 0 spiro atoms. The van der Waals surface area contributed by atoms with Crippen LogP contribution >= 0.6 is 0 Å². The summed E-state index contributed by atoms with van der Waals surface area (Å²) in [5.74, 6) is 2.57. The molecule has 4 heteroatoms. The molecule has 5 rings (SSSR count). The van der Waals surface area contributed by atoms with Crippen molar-refractivity contribution in [2.24, 2.45) is 17.8 Å². The van der Waals surface area contributed by atoms with Crippen LogP contribution in [0.3, 0.4) is 0 Å². The van der Waals surface area contributed by atoms with Gasteiger partial charge in [-0.25, -0.2) is 4.79 Å². The van der Waals surface area contributed by atoms with Gasteiger partial charge in [0.05, 0.1) is 0 Å². The lowest BCUT2D eigenvalue weighted by atomic mass is 9.80. The Hall–Kier alpha value is -0.770. The summed E-state index contributed by atoms with van der Waals surface area (Å²) in [6, 6.07) is 0.466. The summed E-state index contributed by atoms with van der Waals surface area (Å²) in [7, 11) is 0. The third-order valence-electron chi connectivity index (χ3n) is 6.03. The van der Waals surface area contributed by atoms with Gasteiger partial charge >= 0.3 is 6.03 Å². The smallest absolute Gasteiger partial charge is 0.315 e. The van der Waals surface area contributed by atoms with E-state index in [0.717, 1.165) is 43.7 Å².